The van der Waals surface area contributed by atoms with Crippen LogP contribution in [0, 0.1) is 0 Å². The normalized spacial score (nSPS) is 22.8. The highest BCUT2D eigenvalue weighted by atomic mass is 16.6. The Morgan fingerprint density at radius 2 is 1.09 bits per heavy atom. The molecule has 2 saturated carbocycles. The van der Waals surface area contributed by atoms with E-state index in [4.69, 9.17) is 9.47 Å². The Morgan fingerprint density at radius 3 is 1.36 bits per heavy atom. The van der Waals surface area contributed by atoms with E-state index in [1.54, 1.807) is 0 Å². The van der Waals surface area contributed by atoms with Crippen molar-refractivity contribution >= 4 is 11.9 Å². The second kappa shape index (κ2) is 7.30. The van der Waals surface area contributed by atoms with Gasteiger partial charge in [-0.15, -0.1) is 0 Å². The number of ether oxygens (including phenoxy) is 2. The zero-order valence-electron chi connectivity index (χ0n) is 13.9. The number of esters is 2. The van der Waals surface area contributed by atoms with Gasteiger partial charge in [0.1, 0.15) is 11.2 Å². The second-order valence-corrected chi connectivity index (χ2v) is 6.66. The van der Waals surface area contributed by atoms with Crippen molar-refractivity contribution in [3.63, 3.8) is 0 Å². The van der Waals surface area contributed by atoms with Gasteiger partial charge in [-0.25, -0.2) is 9.59 Å². The molecule has 22 heavy (non-hydrogen) atoms. The summed E-state index contributed by atoms with van der Waals surface area (Å²) < 4.78 is 11.2. The van der Waals surface area contributed by atoms with Crippen molar-refractivity contribution in [3.8, 4) is 0 Å². The minimum atomic E-state index is -0.433. The number of carbonyl (C=O) groups excluding carboxylic acids is 2. The third kappa shape index (κ3) is 4.11. The first kappa shape index (κ1) is 17.0. The average Bonchev–Trinajstić information content (AvgIpc) is 3.16. The molecule has 124 valence electrons. The fourth-order valence-electron chi connectivity index (χ4n) is 3.73. The van der Waals surface area contributed by atoms with Crippen LogP contribution in [0.25, 0.3) is 0 Å². The van der Waals surface area contributed by atoms with Gasteiger partial charge in [0.25, 0.3) is 0 Å². The Labute approximate surface area is 133 Å². The summed E-state index contributed by atoms with van der Waals surface area (Å²) in [7, 11) is 0. The van der Waals surface area contributed by atoms with Crippen LogP contribution in [0.1, 0.15) is 78.1 Å². The summed E-state index contributed by atoms with van der Waals surface area (Å²) in [6.45, 7) is 4.09. The van der Waals surface area contributed by atoms with E-state index in [2.05, 4.69) is 0 Å². The van der Waals surface area contributed by atoms with Crippen LogP contribution in [0.3, 0.4) is 0 Å². The van der Waals surface area contributed by atoms with E-state index >= 15 is 0 Å². The van der Waals surface area contributed by atoms with Crippen molar-refractivity contribution in [3.05, 3.63) is 12.2 Å². The van der Waals surface area contributed by atoms with Crippen LogP contribution in [0.15, 0.2) is 12.2 Å². The lowest BCUT2D eigenvalue weighted by Gasteiger charge is -2.27. The molecular formula is C18H28O4. The highest BCUT2D eigenvalue weighted by Crippen LogP contribution is 2.37. The van der Waals surface area contributed by atoms with Gasteiger partial charge < -0.3 is 9.47 Å². The fraction of sp³-hybridized carbons (Fsp3) is 0.778. The summed E-state index contributed by atoms with van der Waals surface area (Å²) in [5, 5.41) is 0. The molecular weight excluding hydrogens is 280 g/mol. The van der Waals surface area contributed by atoms with Crippen LogP contribution < -0.4 is 0 Å². The lowest BCUT2D eigenvalue weighted by Crippen LogP contribution is -2.31. The molecule has 2 aliphatic carbocycles. The molecule has 0 bridgehead atoms. The first-order valence-corrected chi connectivity index (χ1v) is 8.67. The Balaban J connectivity index is 1.85. The molecule has 0 spiro atoms. The van der Waals surface area contributed by atoms with Crippen LogP contribution >= 0.6 is 0 Å². The van der Waals surface area contributed by atoms with Gasteiger partial charge in [-0.3, -0.25) is 0 Å². The Hall–Kier alpha value is -1.32. The molecule has 0 radical (unpaired) electrons. The highest BCUT2D eigenvalue weighted by molar-refractivity contribution is 5.92. The summed E-state index contributed by atoms with van der Waals surface area (Å²) in [5.74, 6) is -0.865. The predicted molar refractivity (Wildman–Crippen MR) is 84.3 cm³/mol. The van der Waals surface area contributed by atoms with Gasteiger partial charge in [0, 0.05) is 12.2 Å². The Bertz CT molecular complexity index is 386. The SMILES string of the molecule is CCC1(OC(=O)/C=C\C(=O)OC2(CC)CCCC2)CCCC1. The summed E-state index contributed by atoms with van der Waals surface area (Å²) in [5.41, 5.74) is -0.636. The monoisotopic (exact) mass is 308 g/mol. The second-order valence-electron chi connectivity index (χ2n) is 6.66. The van der Waals surface area contributed by atoms with Gasteiger partial charge in [0.15, 0.2) is 0 Å². The maximum absolute atomic E-state index is 11.9. The number of rotatable bonds is 6. The largest absolute Gasteiger partial charge is 0.456 e. The maximum Gasteiger partial charge on any atom is 0.331 e. The number of carbonyl (C=O) groups is 2. The third-order valence-electron chi connectivity index (χ3n) is 5.31. The van der Waals surface area contributed by atoms with E-state index in [1.807, 2.05) is 13.8 Å². The van der Waals surface area contributed by atoms with Gasteiger partial charge in [0.05, 0.1) is 0 Å². The van der Waals surface area contributed by atoms with Crippen LogP contribution in [-0.2, 0) is 19.1 Å². The molecule has 4 nitrogen and oxygen atoms in total. The molecule has 0 N–H and O–H groups in total. The molecule has 0 heterocycles. The highest BCUT2D eigenvalue weighted by Gasteiger charge is 2.36. The molecule has 0 aromatic rings. The summed E-state index contributed by atoms with van der Waals surface area (Å²) in [4.78, 5) is 23.9. The molecule has 2 rings (SSSR count). The van der Waals surface area contributed by atoms with E-state index in [-0.39, 0.29) is 11.2 Å². The minimum Gasteiger partial charge on any atom is -0.456 e. The molecule has 0 amide bonds. The third-order valence-corrected chi connectivity index (χ3v) is 5.31. The van der Waals surface area contributed by atoms with E-state index in [0.29, 0.717) is 0 Å². The molecule has 4 heteroatoms. The fourth-order valence-corrected chi connectivity index (χ4v) is 3.73. The van der Waals surface area contributed by atoms with Gasteiger partial charge in [-0.2, -0.15) is 0 Å². The van der Waals surface area contributed by atoms with E-state index in [0.717, 1.165) is 64.2 Å². The smallest absolute Gasteiger partial charge is 0.331 e. The molecule has 0 unspecified atom stereocenters. The van der Waals surface area contributed by atoms with Crippen LogP contribution in [0.5, 0.6) is 0 Å². The van der Waals surface area contributed by atoms with Gasteiger partial charge in [0.2, 0.25) is 0 Å². The van der Waals surface area contributed by atoms with Gasteiger partial charge in [-0.1, -0.05) is 13.8 Å². The first-order valence-electron chi connectivity index (χ1n) is 8.67. The van der Waals surface area contributed by atoms with Crippen LogP contribution in [0.4, 0.5) is 0 Å². The standard InChI is InChI=1S/C18H28O4/c1-3-17(11-5-6-12-17)21-15(19)9-10-16(20)22-18(4-2)13-7-8-14-18/h9-10H,3-8,11-14H2,1-2H3/b10-9-. The van der Waals surface area contributed by atoms with Gasteiger partial charge in [-0.05, 0) is 64.2 Å². The van der Waals surface area contributed by atoms with Crippen LogP contribution in [0.2, 0.25) is 0 Å². The van der Waals surface area contributed by atoms with E-state index in [1.165, 1.54) is 12.2 Å². The molecule has 0 saturated heterocycles. The molecule has 2 aliphatic rings. The number of hydrogen-bond acceptors (Lipinski definition) is 4. The zero-order valence-corrected chi connectivity index (χ0v) is 13.9. The number of hydrogen-bond donors (Lipinski definition) is 0. The summed E-state index contributed by atoms with van der Waals surface area (Å²) in [6, 6.07) is 0. The molecule has 0 aromatic carbocycles. The van der Waals surface area contributed by atoms with Crippen molar-refractivity contribution < 1.29 is 19.1 Å². The lowest BCUT2D eigenvalue weighted by molar-refractivity contribution is -0.156. The minimum absolute atomic E-state index is 0.318. The summed E-state index contributed by atoms with van der Waals surface area (Å²) >= 11 is 0. The predicted octanol–water partition coefficient (Wildman–Crippen LogP) is 4.07. The topological polar surface area (TPSA) is 52.6 Å². The van der Waals surface area contributed by atoms with E-state index in [9.17, 15) is 9.59 Å². The first-order chi connectivity index (χ1) is 10.5. The van der Waals surface area contributed by atoms with Crippen molar-refractivity contribution in [2.75, 3.05) is 0 Å². The summed E-state index contributed by atoms with van der Waals surface area (Å²) in [6.07, 6.45) is 12.2. The molecule has 0 aromatic heterocycles. The molecule has 0 atom stereocenters. The zero-order chi connectivity index (χ0) is 16.1. The van der Waals surface area contributed by atoms with Crippen molar-refractivity contribution in [1.29, 1.82) is 0 Å². The van der Waals surface area contributed by atoms with E-state index < -0.39 is 11.9 Å². The van der Waals surface area contributed by atoms with Crippen molar-refractivity contribution in [2.45, 2.75) is 89.3 Å². The molecule has 2 fully saturated rings. The Kier molecular flexibility index (Phi) is 5.65. The van der Waals surface area contributed by atoms with Crippen LogP contribution in [-0.4, -0.2) is 23.1 Å². The quantitative estimate of drug-likeness (QED) is 0.548. The van der Waals surface area contributed by atoms with Crippen molar-refractivity contribution in [2.24, 2.45) is 0 Å². The molecule has 0 aliphatic heterocycles. The lowest BCUT2D eigenvalue weighted by atomic mass is 9.99. The average molecular weight is 308 g/mol. The van der Waals surface area contributed by atoms with Crippen molar-refractivity contribution in [1.82, 2.24) is 0 Å². The Morgan fingerprint density at radius 1 is 0.773 bits per heavy atom. The van der Waals surface area contributed by atoms with Gasteiger partial charge >= 0.3 is 11.9 Å². The maximum atomic E-state index is 11.9.